The van der Waals surface area contributed by atoms with Crippen LogP contribution < -0.4 is 0 Å². The molecule has 0 aromatic heterocycles. The topological polar surface area (TPSA) is 94.5 Å². The molecule has 0 bridgehead atoms. The number of aliphatic hydroxyl groups is 1. The van der Waals surface area contributed by atoms with Crippen molar-refractivity contribution in [3.63, 3.8) is 0 Å². The third-order valence-electron chi connectivity index (χ3n) is 10.1. The summed E-state index contributed by atoms with van der Waals surface area (Å²) in [5, 5.41) is 9.51. The first-order valence-electron chi connectivity index (χ1n) is 22.5. The van der Waals surface area contributed by atoms with Crippen LogP contribution in [0, 0.1) is 0 Å². The van der Waals surface area contributed by atoms with E-state index in [9.17, 15) is 14.7 Å². The average Bonchev–Trinajstić information content (AvgIpc) is 3.14. The highest BCUT2D eigenvalue weighted by Gasteiger charge is 2.15. The Labute approximate surface area is 322 Å². The molecule has 52 heavy (non-hydrogen) atoms. The fourth-order valence-corrected chi connectivity index (χ4v) is 6.72. The number of carbonyl (C=O) groups excluding carboxylic acids is 2. The van der Waals surface area contributed by atoms with Crippen molar-refractivity contribution in [2.45, 2.75) is 226 Å². The number of carbonyl (C=O) groups is 2. The van der Waals surface area contributed by atoms with Gasteiger partial charge in [-0.05, 0) is 77.3 Å². The Morgan fingerprint density at radius 1 is 0.423 bits per heavy atom. The maximum atomic E-state index is 12.5. The van der Waals surface area contributed by atoms with Crippen LogP contribution >= 0.6 is 0 Å². The predicted molar refractivity (Wildman–Crippen MR) is 217 cm³/mol. The maximum Gasteiger partial charge on any atom is 0.508 e. The van der Waals surface area contributed by atoms with Crippen LogP contribution in [-0.2, 0) is 18.9 Å². The second-order valence-corrected chi connectivity index (χ2v) is 15.1. The van der Waals surface area contributed by atoms with Gasteiger partial charge in [-0.1, -0.05) is 156 Å². The lowest BCUT2D eigenvalue weighted by molar-refractivity contribution is 0.0154. The molecule has 0 fully saturated rings. The van der Waals surface area contributed by atoms with Crippen LogP contribution in [0.25, 0.3) is 0 Å². The number of hydrogen-bond donors (Lipinski definition) is 1. The quantitative estimate of drug-likeness (QED) is 0.0489. The van der Waals surface area contributed by atoms with Crippen molar-refractivity contribution in [2.24, 2.45) is 0 Å². The Morgan fingerprint density at radius 2 is 0.750 bits per heavy atom. The fraction of sp³-hybridized carbons (Fsp3) is 0.955. The zero-order valence-corrected chi connectivity index (χ0v) is 34.8. The normalized spacial score (nSPS) is 11.4. The molecule has 0 aliphatic heterocycles. The zero-order valence-electron chi connectivity index (χ0n) is 34.8. The number of hydrogen-bond acceptors (Lipinski definition) is 8. The molecule has 0 aromatic rings. The summed E-state index contributed by atoms with van der Waals surface area (Å²) in [7, 11) is 0. The molecule has 0 heterocycles. The van der Waals surface area contributed by atoms with Gasteiger partial charge in [0, 0.05) is 6.54 Å². The molecule has 0 saturated heterocycles. The summed E-state index contributed by atoms with van der Waals surface area (Å²) in [6.07, 6.45) is 35.1. The van der Waals surface area contributed by atoms with Crippen LogP contribution in [0.5, 0.6) is 0 Å². The third-order valence-corrected chi connectivity index (χ3v) is 10.1. The third kappa shape index (κ3) is 38.2. The van der Waals surface area contributed by atoms with Crippen molar-refractivity contribution in [3.8, 4) is 0 Å². The van der Waals surface area contributed by atoms with E-state index in [-0.39, 0.29) is 12.7 Å². The average molecular weight is 742 g/mol. The van der Waals surface area contributed by atoms with E-state index in [1.54, 1.807) is 0 Å². The standard InChI is InChI=1S/C44H87NO7/c1-4-7-10-13-16-17-18-23-30-39-49-43(47)50-40-32-25-29-36-45(37-38-46)35-28-22-19-24-31-41-51-44(48)52-42(33-26-20-14-11-8-5-2)34-27-21-15-12-9-6-3/h42,46H,4-41H2,1-3H3. The van der Waals surface area contributed by atoms with Crippen molar-refractivity contribution < 1.29 is 33.6 Å². The summed E-state index contributed by atoms with van der Waals surface area (Å²) >= 11 is 0. The minimum absolute atomic E-state index is 0.0112. The zero-order chi connectivity index (χ0) is 38.0. The molecule has 0 radical (unpaired) electrons. The summed E-state index contributed by atoms with van der Waals surface area (Å²) < 4.78 is 21.7. The minimum Gasteiger partial charge on any atom is -0.434 e. The van der Waals surface area contributed by atoms with Gasteiger partial charge in [-0.2, -0.15) is 0 Å². The molecule has 8 nitrogen and oxygen atoms in total. The van der Waals surface area contributed by atoms with Gasteiger partial charge in [0.1, 0.15) is 6.10 Å². The lowest BCUT2D eigenvalue weighted by atomic mass is 10.0. The number of ether oxygens (including phenoxy) is 4. The summed E-state index contributed by atoms with van der Waals surface area (Å²) in [5.74, 6) is 0. The molecule has 8 heteroatoms. The van der Waals surface area contributed by atoms with Crippen molar-refractivity contribution in [3.05, 3.63) is 0 Å². The molecule has 0 atom stereocenters. The molecule has 0 aliphatic rings. The first-order chi connectivity index (χ1) is 25.6. The SMILES string of the molecule is CCCCCCCCCCCOC(=O)OCCCCCN(CCO)CCCCCCCOC(=O)OC(CCCCCCCC)CCCCCCCC. The van der Waals surface area contributed by atoms with Gasteiger partial charge in [-0.3, -0.25) is 0 Å². The Balaban J connectivity index is 3.90. The molecule has 0 spiro atoms. The van der Waals surface area contributed by atoms with Crippen LogP contribution in [0.2, 0.25) is 0 Å². The summed E-state index contributed by atoms with van der Waals surface area (Å²) in [6, 6.07) is 0. The van der Waals surface area contributed by atoms with E-state index in [1.165, 1.54) is 109 Å². The molecule has 0 aromatic carbocycles. The Bertz CT molecular complexity index is 721. The Kier molecular flexibility index (Phi) is 41.0. The minimum atomic E-state index is -0.542. The number of unbranched alkanes of at least 4 members (excludes halogenated alkanes) is 24. The van der Waals surface area contributed by atoms with Crippen molar-refractivity contribution in [1.82, 2.24) is 4.90 Å². The molecule has 0 rings (SSSR count). The highest BCUT2D eigenvalue weighted by atomic mass is 16.7. The van der Waals surface area contributed by atoms with Crippen LogP contribution in [0.4, 0.5) is 9.59 Å². The second-order valence-electron chi connectivity index (χ2n) is 15.1. The fourth-order valence-electron chi connectivity index (χ4n) is 6.72. The van der Waals surface area contributed by atoms with Gasteiger partial charge in [0.2, 0.25) is 0 Å². The van der Waals surface area contributed by atoms with E-state index < -0.39 is 12.3 Å². The first-order valence-corrected chi connectivity index (χ1v) is 22.5. The lowest BCUT2D eigenvalue weighted by Crippen LogP contribution is -2.29. The summed E-state index contributed by atoms with van der Waals surface area (Å²) in [5.41, 5.74) is 0. The second kappa shape index (κ2) is 42.2. The van der Waals surface area contributed by atoms with Gasteiger partial charge in [-0.15, -0.1) is 0 Å². The van der Waals surface area contributed by atoms with Crippen molar-refractivity contribution in [2.75, 3.05) is 46.1 Å². The Morgan fingerprint density at radius 3 is 1.15 bits per heavy atom. The molecule has 0 amide bonds. The maximum absolute atomic E-state index is 12.5. The van der Waals surface area contributed by atoms with Crippen molar-refractivity contribution >= 4 is 12.3 Å². The van der Waals surface area contributed by atoms with E-state index in [0.717, 1.165) is 103 Å². The van der Waals surface area contributed by atoms with E-state index >= 15 is 0 Å². The summed E-state index contributed by atoms with van der Waals surface area (Å²) in [6.45, 7) is 10.8. The van der Waals surface area contributed by atoms with Crippen molar-refractivity contribution in [1.29, 1.82) is 0 Å². The molecular formula is C44H87NO7. The molecular weight excluding hydrogens is 654 g/mol. The first kappa shape index (κ1) is 50.5. The molecule has 0 aliphatic carbocycles. The van der Waals surface area contributed by atoms with E-state index in [2.05, 4.69) is 25.7 Å². The van der Waals surface area contributed by atoms with Gasteiger partial charge >= 0.3 is 12.3 Å². The number of nitrogens with zero attached hydrogens (tertiary/aromatic N) is 1. The van der Waals surface area contributed by atoms with Gasteiger partial charge in [-0.25, -0.2) is 9.59 Å². The molecule has 0 unspecified atom stereocenters. The predicted octanol–water partition coefficient (Wildman–Crippen LogP) is 13.1. The smallest absolute Gasteiger partial charge is 0.434 e. The van der Waals surface area contributed by atoms with E-state index in [4.69, 9.17) is 18.9 Å². The summed E-state index contributed by atoms with van der Waals surface area (Å²) in [4.78, 5) is 26.6. The Hall–Kier alpha value is -1.54. The van der Waals surface area contributed by atoms with Gasteiger partial charge in [0.05, 0.1) is 26.4 Å². The molecule has 0 saturated carbocycles. The van der Waals surface area contributed by atoms with Gasteiger partial charge < -0.3 is 29.0 Å². The number of aliphatic hydroxyl groups excluding tert-OH is 1. The molecule has 1 N–H and O–H groups in total. The lowest BCUT2D eigenvalue weighted by Gasteiger charge is -2.21. The van der Waals surface area contributed by atoms with Gasteiger partial charge in [0.15, 0.2) is 0 Å². The number of rotatable bonds is 41. The molecule has 310 valence electrons. The van der Waals surface area contributed by atoms with E-state index in [0.29, 0.717) is 26.4 Å². The van der Waals surface area contributed by atoms with Crippen LogP contribution in [-0.4, -0.2) is 74.5 Å². The largest absolute Gasteiger partial charge is 0.508 e. The van der Waals surface area contributed by atoms with Crippen LogP contribution in [0.15, 0.2) is 0 Å². The van der Waals surface area contributed by atoms with Crippen LogP contribution in [0.3, 0.4) is 0 Å². The van der Waals surface area contributed by atoms with Gasteiger partial charge in [0.25, 0.3) is 0 Å². The highest BCUT2D eigenvalue weighted by Crippen LogP contribution is 2.18. The highest BCUT2D eigenvalue weighted by molar-refractivity contribution is 5.60. The monoisotopic (exact) mass is 742 g/mol. The van der Waals surface area contributed by atoms with Crippen LogP contribution in [0.1, 0.15) is 220 Å². The van der Waals surface area contributed by atoms with E-state index in [1.807, 2.05) is 0 Å².